The normalized spacial score (nSPS) is 10.6. The Kier molecular flexibility index (Phi) is 8.94. The summed E-state index contributed by atoms with van der Waals surface area (Å²) in [5, 5.41) is 0. The molecule has 0 aliphatic rings. The molecule has 0 aliphatic heterocycles. The fourth-order valence-corrected chi connectivity index (χ4v) is 4.48. The van der Waals surface area contributed by atoms with E-state index in [1.54, 1.807) is 25.3 Å². The number of rotatable bonds is 12. The predicted molar refractivity (Wildman–Crippen MR) is 151 cm³/mol. The minimum absolute atomic E-state index is 0.205. The molecule has 194 valence electrons. The molecule has 0 radical (unpaired) electrons. The Morgan fingerprint density at radius 3 is 2.32 bits per heavy atom. The zero-order chi connectivity index (χ0) is 26.9. The van der Waals surface area contributed by atoms with E-state index in [1.807, 2.05) is 73.7 Å². The van der Waals surface area contributed by atoms with E-state index in [-0.39, 0.29) is 5.78 Å². The third-order valence-corrected chi connectivity index (χ3v) is 6.27. The molecule has 0 bridgehead atoms. The number of methoxy groups -OCH3 is 1. The molecule has 5 heteroatoms. The molecule has 0 N–H and O–H groups in total. The lowest BCUT2D eigenvalue weighted by Crippen LogP contribution is -2.11. The highest BCUT2D eigenvalue weighted by atomic mass is 16.5. The lowest BCUT2D eigenvalue weighted by Gasteiger charge is -2.22. The van der Waals surface area contributed by atoms with E-state index >= 15 is 0 Å². The number of aldehydes is 1. The van der Waals surface area contributed by atoms with Crippen LogP contribution < -0.4 is 14.2 Å². The largest absolute Gasteiger partial charge is 0.496 e. The fourth-order valence-electron chi connectivity index (χ4n) is 4.48. The van der Waals surface area contributed by atoms with Crippen LogP contribution in [-0.4, -0.2) is 32.4 Å². The Morgan fingerprint density at radius 1 is 0.842 bits per heavy atom. The minimum Gasteiger partial charge on any atom is -0.496 e. The van der Waals surface area contributed by atoms with Crippen molar-refractivity contribution in [2.75, 3.05) is 20.3 Å². The molecule has 4 rings (SSSR count). The second kappa shape index (κ2) is 12.7. The van der Waals surface area contributed by atoms with Crippen LogP contribution in [0.1, 0.15) is 53.0 Å². The molecule has 0 aliphatic carbocycles. The molecule has 0 amide bonds. The van der Waals surface area contributed by atoms with Gasteiger partial charge in [-0.3, -0.25) is 9.59 Å². The summed E-state index contributed by atoms with van der Waals surface area (Å²) in [6.07, 6.45) is 2.55. The number of carbonyl (C=O) groups is 2. The summed E-state index contributed by atoms with van der Waals surface area (Å²) in [6, 6.07) is 26.0. The molecule has 0 saturated heterocycles. The van der Waals surface area contributed by atoms with Crippen LogP contribution in [0, 0.1) is 0 Å². The molecule has 5 nitrogen and oxygen atoms in total. The molecule has 38 heavy (non-hydrogen) atoms. The van der Waals surface area contributed by atoms with Gasteiger partial charge in [0.15, 0.2) is 12.1 Å². The molecule has 4 aromatic carbocycles. The van der Waals surface area contributed by atoms with Gasteiger partial charge in [0, 0.05) is 22.3 Å². The van der Waals surface area contributed by atoms with E-state index < -0.39 is 0 Å². The van der Waals surface area contributed by atoms with Crippen molar-refractivity contribution in [3.05, 3.63) is 102 Å². The van der Waals surface area contributed by atoms with Gasteiger partial charge < -0.3 is 14.2 Å². The van der Waals surface area contributed by atoms with Crippen LogP contribution >= 0.6 is 0 Å². The number of benzene rings is 4. The summed E-state index contributed by atoms with van der Waals surface area (Å²) < 4.78 is 17.6. The van der Waals surface area contributed by atoms with Crippen molar-refractivity contribution in [3.8, 4) is 39.5 Å². The lowest BCUT2D eigenvalue weighted by atomic mass is 9.84. The van der Waals surface area contributed by atoms with Crippen molar-refractivity contribution in [1.82, 2.24) is 0 Å². The smallest absolute Gasteiger partial charge is 0.194 e. The van der Waals surface area contributed by atoms with Crippen molar-refractivity contribution in [2.24, 2.45) is 0 Å². The van der Waals surface area contributed by atoms with Gasteiger partial charge >= 0.3 is 0 Å². The Labute approximate surface area is 224 Å². The molecular weight excluding hydrogens is 476 g/mol. The van der Waals surface area contributed by atoms with Gasteiger partial charge in [-0.15, -0.1) is 0 Å². The summed E-state index contributed by atoms with van der Waals surface area (Å²) in [7, 11) is 1.59. The highest BCUT2D eigenvalue weighted by Crippen LogP contribution is 2.45. The summed E-state index contributed by atoms with van der Waals surface area (Å²) in [4.78, 5) is 26.9. The van der Waals surface area contributed by atoms with Crippen molar-refractivity contribution >= 4 is 12.1 Å². The monoisotopic (exact) mass is 508 g/mol. The number of carbonyl (C=O) groups excluding carboxylic acids is 2. The van der Waals surface area contributed by atoms with Crippen LogP contribution in [0.4, 0.5) is 0 Å². The highest BCUT2D eigenvalue weighted by Gasteiger charge is 2.28. The summed E-state index contributed by atoms with van der Waals surface area (Å²) in [5.74, 6) is 1.41. The number of hydrogen-bond donors (Lipinski definition) is 0. The standard InChI is InChI=1S/C33H32O5/c1-4-6-19-38-33-25(22-34)21-28(27-17-10-11-18-29(27)36-3)31(30(33)23-13-8-7-9-14-23)32(35)24-15-12-16-26(20-24)37-5-2/h7-18,20-22H,4-6,19H2,1-3H3. The maximum absolute atomic E-state index is 14.4. The molecule has 0 aromatic heterocycles. The summed E-state index contributed by atoms with van der Waals surface area (Å²) >= 11 is 0. The number of ether oxygens (including phenoxy) is 3. The van der Waals surface area contributed by atoms with Crippen molar-refractivity contribution in [2.45, 2.75) is 26.7 Å². The zero-order valence-corrected chi connectivity index (χ0v) is 22.0. The number of ketones is 1. The third-order valence-electron chi connectivity index (χ3n) is 6.27. The van der Waals surface area contributed by atoms with Gasteiger partial charge in [0.25, 0.3) is 0 Å². The van der Waals surface area contributed by atoms with E-state index in [9.17, 15) is 9.59 Å². The van der Waals surface area contributed by atoms with Gasteiger partial charge in [-0.25, -0.2) is 0 Å². The average molecular weight is 509 g/mol. The molecule has 0 atom stereocenters. The highest BCUT2D eigenvalue weighted by molar-refractivity contribution is 6.19. The van der Waals surface area contributed by atoms with Gasteiger partial charge in [0.2, 0.25) is 0 Å². The van der Waals surface area contributed by atoms with Gasteiger partial charge in [-0.05, 0) is 48.7 Å². The van der Waals surface area contributed by atoms with Gasteiger partial charge in [-0.1, -0.05) is 74.0 Å². The second-order valence-corrected chi connectivity index (χ2v) is 8.77. The average Bonchev–Trinajstić information content (AvgIpc) is 2.97. The topological polar surface area (TPSA) is 61.8 Å². The molecule has 0 heterocycles. The molecule has 0 saturated carbocycles. The molecule has 0 spiro atoms. The van der Waals surface area contributed by atoms with Crippen LogP contribution in [0.25, 0.3) is 22.3 Å². The molecule has 0 unspecified atom stereocenters. The minimum atomic E-state index is -0.205. The number of unbranched alkanes of at least 4 members (excludes halogenated alkanes) is 1. The third kappa shape index (κ3) is 5.62. The Bertz CT molecular complexity index is 1410. The molecular formula is C33H32O5. The summed E-state index contributed by atoms with van der Waals surface area (Å²) in [6.45, 7) is 4.90. The first-order chi connectivity index (χ1) is 18.6. The van der Waals surface area contributed by atoms with Crippen LogP contribution in [-0.2, 0) is 0 Å². The Hall–Kier alpha value is -4.38. The summed E-state index contributed by atoms with van der Waals surface area (Å²) in [5.41, 5.74) is 3.95. The lowest BCUT2D eigenvalue weighted by molar-refractivity contribution is 0.103. The van der Waals surface area contributed by atoms with E-state index in [1.165, 1.54) is 0 Å². The second-order valence-electron chi connectivity index (χ2n) is 8.77. The quantitative estimate of drug-likeness (QED) is 0.112. The maximum Gasteiger partial charge on any atom is 0.194 e. The first kappa shape index (κ1) is 26.7. The SMILES string of the molecule is CCCCOc1c(C=O)cc(-c2ccccc2OC)c(C(=O)c2cccc(OCC)c2)c1-c1ccccc1. The number of para-hydroxylation sites is 1. The van der Waals surface area contributed by atoms with Crippen molar-refractivity contribution < 1.29 is 23.8 Å². The first-order valence-corrected chi connectivity index (χ1v) is 12.9. The van der Waals surface area contributed by atoms with Crippen molar-refractivity contribution in [1.29, 1.82) is 0 Å². The number of hydrogen-bond acceptors (Lipinski definition) is 5. The van der Waals surface area contributed by atoms with Gasteiger partial charge in [0.05, 0.1) is 25.9 Å². The van der Waals surface area contributed by atoms with E-state index in [2.05, 4.69) is 6.92 Å². The van der Waals surface area contributed by atoms with Gasteiger partial charge in [0.1, 0.15) is 17.2 Å². The van der Waals surface area contributed by atoms with Gasteiger partial charge in [-0.2, -0.15) is 0 Å². The van der Waals surface area contributed by atoms with Crippen LogP contribution in [0.2, 0.25) is 0 Å². The van der Waals surface area contributed by atoms with Crippen LogP contribution in [0.15, 0.2) is 84.9 Å². The predicted octanol–water partition coefficient (Wildman–Crippen LogP) is 7.65. The maximum atomic E-state index is 14.4. The first-order valence-electron chi connectivity index (χ1n) is 12.9. The van der Waals surface area contributed by atoms with Crippen LogP contribution in [0.5, 0.6) is 17.2 Å². The van der Waals surface area contributed by atoms with E-state index in [4.69, 9.17) is 14.2 Å². The van der Waals surface area contributed by atoms with Crippen LogP contribution in [0.3, 0.4) is 0 Å². The Morgan fingerprint density at radius 2 is 1.61 bits per heavy atom. The molecule has 0 fully saturated rings. The van der Waals surface area contributed by atoms with E-state index in [0.29, 0.717) is 63.8 Å². The molecule has 4 aromatic rings. The van der Waals surface area contributed by atoms with Crippen molar-refractivity contribution in [3.63, 3.8) is 0 Å². The fraction of sp³-hybridized carbons (Fsp3) is 0.212. The van der Waals surface area contributed by atoms with E-state index in [0.717, 1.165) is 24.7 Å². The Balaban J connectivity index is 2.10. The zero-order valence-electron chi connectivity index (χ0n) is 22.0.